The molecule has 0 unspecified atom stereocenters. The van der Waals surface area contributed by atoms with Gasteiger partial charge in [0.2, 0.25) is 0 Å². The number of carbonyl (C=O) groups is 1. The highest BCUT2D eigenvalue weighted by atomic mass is 32.2. The van der Waals surface area contributed by atoms with Crippen molar-refractivity contribution < 1.29 is 22.7 Å². The summed E-state index contributed by atoms with van der Waals surface area (Å²) >= 11 is 1.04. The number of rotatable bonds is 5. The van der Waals surface area contributed by atoms with Crippen molar-refractivity contribution in [3.05, 3.63) is 60.2 Å². The molecule has 0 aliphatic heterocycles. The molecule has 0 aliphatic rings. The number of halogens is 3. The lowest BCUT2D eigenvalue weighted by molar-refractivity contribution is -0.138. The number of hydrogen-bond donors (Lipinski definition) is 0. The molecule has 5 nitrogen and oxygen atoms in total. The predicted molar refractivity (Wildman–Crippen MR) is 94.5 cm³/mol. The Morgan fingerprint density at radius 2 is 1.74 bits per heavy atom. The predicted octanol–water partition coefficient (Wildman–Crippen LogP) is 4.22. The summed E-state index contributed by atoms with van der Waals surface area (Å²) in [6.45, 7) is 0. The maximum Gasteiger partial charge on any atom is 0.417 e. The molecule has 3 aromatic rings. The lowest BCUT2D eigenvalue weighted by Crippen LogP contribution is -2.09. The largest absolute Gasteiger partial charge is 0.468 e. The average Bonchev–Trinajstić information content (AvgIpc) is 3.10. The third kappa shape index (κ3) is 4.13. The van der Waals surface area contributed by atoms with Crippen LogP contribution in [0.3, 0.4) is 0 Å². The van der Waals surface area contributed by atoms with Gasteiger partial charge in [0.25, 0.3) is 0 Å². The van der Waals surface area contributed by atoms with E-state index < -0.39 is 17.7 Å². The molecule has 1 aromatic heterocycles. The Morgan fingerprint density at radius 3 is 2.41 bits per heavy atom. The second kappa shape index (κ2) is 7.83. The van der Waals surface area contributed by atoms with Crippen LogP contribution in [-0.2, 0) is 15.7 Å². The molecular weight excluding hydrogens is 379 g/mol. The SMILES string of the molecule is COC(=O)CSc1nnc(-c2ccccc2C(F)(F)F)n1-c1ccccc1. The second-order valence-electron chi connectivity index (χ2n) is 5.39. The summed E-state index contributed by atoms with van der Waals surface area (Å²) in [5.41, 5.74) is -0.313. The van der Waals surface area contributed by atoms with E-state index in [1.165, 1.54) is 29.9 Å². The first kappa shape index (κ1) is 19.0. The zero-order valence-electron chi connectivity index (χ0n) is 14.1. The molecule has 0 bridgehead atoms. The lowest BCUT2D eigenvalue weighted by atomic mass is 10.1. The Labute approximate surface area is 157 Å². The third-order valence-corrected chi connectivity index (χ3v) is 4.57. The van der Waals surface area contributed by atoms with Crippen LogP contribution >= 0.6 is 11.8 Å². The van der Waals surface area contributed by atoms with Crippen molar-refractivity contribution in [3.8, 4) is 17.1 Å². The molecule has 0 radical (unpaired) electrons. The molecule has 0 spiro atoms. The van der Waals surface area contributed by atoms with Gasteiger partial charge in [0.15, 0.2) is 11.0 Å². The van der Waals surface area contributed by atoms with Crippen LogP contribution in [0, 0.1) is 0 Å². The quantitative estimate of drug-likeness (QED) is 0.480. The molecule has 2 aromatic carbocycles. The highest BCUT2D eigenvalue weighted by Crippen LogP contribution is 2.38. The molecule has 27 heavy (non-hydrogen) atoms. The van der Waals surface area contributed by atoms with Gasteiger partial charge in [-0.2, -0.15) is 13.2 Å². The van der Waals surface area contributed by atoms with Crippen molar-refractivity contribution in [1.82, 2.24) is 14.8 Å². The van der Waals surface area contributed by atoms with Crippen molar-refractivity contribution in [1.29, 1.82) is 0 Å². The number of esters is 1. The van der Waals surface area contributed by atoms with E-state index in [4.69, 9.17) is 0 Å². The Balaban J connectivity index is 2.15. The van der Waals surface area contributed by atoms with Crippen LogP contribution in [0.1, 0.15) is 5.56 Å². The van der Waals surface area contributed by atoms with E-state index in [-0.39, 0.29) is 17.1 Å². The summed E-state index contributed by atoms with van der Waals surface area (Å²) in [6.07, 6.45) is -4.54. The first-order chi connectivity index (χ1) is 12.9. The molecule has 3 rings (SSSR count). The van der Waals surface area contributed by atoms with E-state index in [0.717, 1.165) is 17.8 Å². The van der Waals surface area contributed by atoms with Gasteiger partial charge in [0.1, 0.15) is 0 Å². The van der Waals surface area contributed by atoms with Crippen LogP contribution in [0.25, 0.3) is 17.1 Å². The average molecular weight is 393 g/mol. The number of hydrogen-bond acceptors (Lipinski definition) is 5. The van der Waals surface area contributed by atoms with Gasteiger partial charge in [-0.25, -0.2) is 0 Å². The number of aromatic nitrogens is 3. The highest BCUT2D eigenvalue weighted by molar-refractivity contribution is 7.99. The molecule has 0 saturated heterocycles. The van der Waals surface area contributed by atoms with Gasteiger partial charge in [0.05, 0.1) is 18.4 Å². The summed E-state index contributed by atoms with van der Waals surface area (Å²) < 4.78 is 46.5. The Morgan fingerprint density at radius 1 is 1.07 bits per heavy atom. The third-order valence-electron chi connectivity index (χ3n) is 3.67. The van der Waals surface area contributed by atoms with Gasteiger partial charge < -0.3 is 4.74 Å². The van der Waals surface area contributed by atoms with E-state index >= 15 is 0 Å². The Hall–Kier alpha value is -2.81. The van der Waals surface area contributed by atoms with E-state index in [9.17, 15) is 18.0 Å². The second-order valence-corrected chi connectivity index (χ2v) is 6.33. The van der Waals surface area contributed by atoms with Gasteiger partial charge >= 0.3 is 12.1 Å². The normalized spacial score (nSPS) is 11.4. The zero-order valence-corrected chi connectivity index (χ0v) is 14.9. The van der Waals surface area contributed by atoms with E-state index in [2.05, 4.69) is 14.9 Å². The zero-order chi connectivity index (χ0) is 19.4. The monoisotopic (exact) mass is 393 g/mol. The standard InChI is InChI=1S/C18H14F3N3O2S/c1-26-15(25)11-27-17-23-22-16(24(17)12-7-3-2-4-8-12)13-9-5-6-10-14(13)18(19,20)21/h2-10H,11H2,1H3. The summed E-state index contributed by atoms with van der Waals surface area (Å²) in [5.74, 6) is -0.469. The number of methoxy groups -OCH3 is 1. The minimum Gasteiger partial charge on any atom is -0.468 e. The number of ether oxygens (including phenoxy) is 1. The molecule has 0 N–H and O–H groups in total. The smallest absolute Gasteiger partial charge is 0.417 e. The molecule has 9 heteroatoms. The van der Waals surface area contributed by atoms with Gasteiger partial charge in [-0.1, -0.05) is 48.2 Å². The number of thioether (sulfide) groups is 1. The fraction of sp³-hybridized carbons (Fsp3) is 0.167. The number of nitrogens with zero attached hydrogens (tertiary/aromatic N) is 3. The van der Waals surface area contributed by atoms with Gasteiger partial charge in [-0.3, -0.25) is 9.36 Å². The minimum atomic E-state index is -4.54. The van der Waals surface area contributed by atoms with Crippen LogP contribution < -0.4 is 0 Å². The maximum absolute atomic E-state index is 13.5. The van der Waals surface area contributed by atoms with Crippen molar-refractivity contribution in [2.75, 3.05) is 12.9 Å². The molecule has 0 amide bonds. The van der Waals surface area contributed by atoms with Gasteiger partial charge in [-0.05, 0) is 18.2 Å². The van der Waals surface area contributed by atoms with Crippen LogP contribution in [-0.4, -0.2) is 33.6 Å². The lowest BCUT2D eigenvalue weighted by Gasteiger charge is -2.14. The molecule has 0 atom stereocenters. The maximum atomic E-state index is 13.5. The van der Waals surface area contributed by atoms with Crippen molar-refractivity contribution >= 4 is 17.7 Å². The first-order valence-corrected chi connectivity index (χ1v) is 8.77. The summed E-state index contributed by atoms with van der Waals surface area (Å²) in [4.78, 5) is 11.4. The number of para-hydroxylation sites is 1. The van der Waals surface area contributed by atoms with Crippen molar-refractivity contribution in [3.63, 3.8) is 0 Å². The molecule has 0 saturated carbocycles. The van der Waals surface area contributed by atoms with Crippen LogP contribution in [0.5, 0.6) is 0 Å². The summed E-state index contributed by atoms with van der Waals surface area (Å²) in [7, 11) is 1.26. The van der Waals surface area contributed by atoms with E-state index in [0.29, 0.717) is 10.8 Å². The van der Waals surface area contributed by atoms with Crippen LogP contribution in [0.4, 0.5) is 13.2 Å². The first-order valence-electron chi connectivity index (χ1n) is 7.79. The fourth-order valence-electron chi connectivity index (χ4n) is 2.46. The number of carbonyl (C=O) groups excluding carboxylic acids is 1. The Kier molecular flexibility index (Phi) is 5.50. The highest BCUT2D eigenvalue weighted by Gasteiger charge is 2.35. The Bertz CT molecular complexity index is 943. The van der Waals surface area contributed by atoms with Crippen molar-refractivity contribution in [2.24, 2.45) is 0 Å². The van der Waals surface area contributed by atoms with E-state index in [1.807, 2.05) is 0 Å². The van der Waals surface area contributed by atoms with Gasteiger partial charge in [-0.15, -0.1) is 10.2 Å². The fourth-order valence-corrected chi connectivity index (χ4v) is 3.24. The summed E-state index contributed by atoms with van der Waals surface area (Å²) in [6, 6.07) is 13.9. The molecular formula is C18H14F3N3O2S. The van der Waals surface area contributed by atoms with Crippen LogP contribution in [0.2, 0.25) is 0 Å². The molecule has 140 valence electrons. The number of alkyl halides is 3. The molecule has 0 fully saturated rings. The number of benzene rings is 2. The molecule has 1 heterocycles. The van der Waals surface area contributed by atoms with E-state index in [1.54, 1.807) is 30.3 Å². The summed E-state index contributed by atoms with van der Waals surface area (Å²) in [5, 5.41) is 8.27. The molecule has 0 aliphatic carbocycles. The van der Waals surface area contributed by atoms with Crippen molar-refractivity contribution in [2.45, 2.75) is 11.3 Å². The van der Waals surface area contributed by atoms with Gasteiger partial charge in [0, 0.05) is 11.3 Å². The van der Waals surface area contributed by atoms with Crippen LogP contribution in [0.15, 0.2) is 59.8 Å². The topological polar surface area (TPSA) is 57.0 Å². The minimum absolute atomic E-state index is 0.0393.